The molecule has 0 aliphatic rings. The van der Waals surface area contributed by atoms with Crippen molar-refractivity contribution in [3.63, 3.8) is 0 Å². The third-order valence-corrected chi connectivity index (χ3v) is 16.6. The first-order chi connectivity index (χ1) is 29.7. The summed E-state index contributed by atoms with van der Waals surface area (Å²) >= 11 is 0. The molecular formula is C56H47OP3Rh. The van der Waals surface area contributed by atoms with Crippen molar-refractivity contribution in [3.05, 3.63) is 284 Å². The van der Waals surface area contributed by atoms with Gasteiger partial charge in [0.2, 0.25) is 0 Å². The SMILES string of the molecule is O/C(=C\P(c1ccccc1)c1ccccc1)c1ccccc1.[Rh].c1ccc(P(c2ccccc2)c2ccccc2)cc1.c1ccc(P(c2ccccc2)c2ccccc2)cc1. The Kier molecular flexibility index (Phi) is 18.2. The fourth-order valence-corrected chi connectivity index (χ4v) is 13.2. The summed E-state index contributed by atoms with van der Waals surface area (Å²) in [6, 6.07) is 95.0. The van der Waals surface area contributed by atoms with E-state index in [1.54, 1.807) is 0 Å². The van der Waals surface area contributed by atoms with E-state index in [1.807, 2.05) is 72.5 Å². The molecule has 0 bridgehead atoms. The van der Waals surface area contributed by atoms with Gasteiger partial charge in [0.25, 0.3) is 0 Å². The van der Waals surface area contributed by atoms with Crippen molar-refractivity contribution >= 4 is 72.0 Å². The zero-order valence-electron chi connectivity index (χ0n) is 33.7. The van der Waals surface area contributed by atoms with Crippen molar-refractivity contribution in [2.45, 2.75) is 0 Å². The number of hydrogen-bond acceptors (Lipinski definition) is 1. The molecule has 9 rings (SSSR count). The monoisotopic (exact) mass is 931 g/mol. The molecule has 9 aromatic rings. The second kappa shape index (κ2) is 24.6. The summed E-state index contributed by atoms with van der Waals surface area (Å²) in [4.78, 5) is 0. The molecule has 0 amide bonds. The van der Waals surface area contributed by atoms with E-state index < -0.39 is 23.8 Å². The first-order valence-electron chi connectivity index (χ1n) is 20.0. The van der Waals surface area contributed by atoms with E-state index >= 15 is 0 Å². The fourth-order valence-electron chi connectivity index (χ4n) is 6.64. The number of aliphatic hydroxyl groups is 1. The normalized spacial score (nSPS) is 10.8. The molecule has 61 heavy (non-hydrogen) atoms. The van der Waals surface area contributed by atoms with Crippen LogP contribution in [0.25, 0.3) is 5.76 Å². The molecular weight excluding hydrogens is 884 g/mol. The zero-order valence-corrected chi connectivity index (χ0v) is 38.0. The quantitative estimate of drug-likeness (QED) is 0.0823. The average Bonchev–Trinajstić information content (AvgIpc) is 3.34. The third kappa shape index (κ3) is 13.2. The van der Waals surface area contributed by atoms with Crippen molar-refractivity contribution in [1.82, 2.24) is 0 Å². The molecule has 1 nitrogen and oxygen atoms in total. The molecule has 0 fully saturated rings. The van der Waals surface area contributed by atoms with Gasteiger partial charge in [-0.15, -0.1) is 0 Å². The van der Waals surface area contributed by atoms with Crippen molar-refractivity contribution in [2.75, 3.05) is 0 Å². The van der Waals surface area contributed by atoms with Gasteiger partial charge in [-0.25, -0.2) is 0 Å². The molecule has 0 saturated carbocycles. The van der Waals surface area contributed by atoms with Crippen LogP contribution in [-0.4, -0.2) is 5.11 Å². The van der Waals surface area contributed by atoms with Gasteiger partial charge < -0.3 is 5.11 Å². The van der Waals surface area contributed by atoms with Gasteiger partial charge in [0.1, 0.15) is 5.76 Å². The number of aliphatic hydroxyl groups excluding tert-OH is 1. The number of benzene rings is 9. The van der Waals surface area contributed by atoms with E-state index in [0.29, 0.717) is 5.76 Å². The third-order valence-electron chi connectivity index (χ3n) is 9.48. The summed E-state index contributed by atoms with van der Waals surface area (Å²) in [5.74, 6) is 2.31. The second-order valence-electron chi connectivity index (χ2n) is 13.6. The molecule has 0 atom stereocenters. The van der Waals surface area contributed by atoms with Crippen molar-refractivity contribution in [2.24, 2.45) is 0 Å². The van der Waals surface area contributed by atoms with Crippen molar-refractivity contribution < 1.29 is 24.6 Å². The molecule has 0 heterocycles. The van der Waals surface area contributed by atoms with Crippen LogP contribution in [-0.2, 0) is 19.5 Å². The van der Waals surface area contributed by atoms with E-state index in [4.69, 9.17) is 0 Å². The standard InChI is InChI=1S/C20H17OP.2C18H15P.Rh/c21-20(17-10-4-1-5-11-17)16-22(18-12-6-2-7-13-18)19-14-8-3-9-15-19;2*1-4-10-16(11-5-1)19(17-12-6-2-7-13-17)18-14-8-3-9-15-18;/h1-16,21H;2*1-15H;/b20-16-;;;. The minimum atomic E-state index is -0.726. The number of hydrogen-bond donors (Lipinski definition) is 1. The van der Waals surface area contributed by atoms with Gasteiger partial charge in [-0.2, -0.15) is 0 Å². The van der Waals surface area contributed by atoms with Crippen LogP contribution in [0.2, 0.25) is 0 Å². The summed E-state index contributed by atoms with van der Waals surface area (Å²) in [6.07, 6.45) is 0. The fraction of sp³-hybridized carbons (Fsp3) is 0. The summed E-state index contributed by atoms with van der Waals surface area (Å²) in [7, 11) is -1.62. The molecule has 0 unspecified atom stereocenters. The van der Waals surface area contributed by atoms with Gasteiger partial charge in [0, 0.05) is 25.0 Å². The van der Waals surface area contributed by atoms with Gasteiger partial charge in [-0.05, 0) is 72.0 Å². The van der Waals surface area contributed by atoms with Gasteiger partial charge in [-0.1, -0.05) is 273 Å². The van der Waals surface area contributed by atoms with Crippen molar-refractivity contribution in [1.29, 1.82) is 0 Å². The minimum absolute atomic E-state index is 0. The minimum Gasteiger partial charge on any atom is -0.507 e. The maximum absolute atomic E-state index is 10.5. The van der Waals surface area contributed by atoms with Gasteiger partial charge in [0.05, 0.1) is 0 Å². The molecule has 5 heteroatoms. The van der Waals surface area contributed by atoms with Crippen LogP contribution in [0.1, 0.15) is 5.56 Å². The van der Waals surface area contributed by atoms with Crippen molar-refractivity contribution in [3.8, 4) is 0 Å². The predicted molar refractivity (Wildman–Crippen MR) is 266 cm³/mol. The maximum Gasteiger partial charge on any atom is 0.123 e. The first kappa shape index (κ1) is 45.0. The van der Waals surface area contributed by atoms with Crippen LogP contribution < -0.4 is 42.4 Å². The van der Waals surface area contributed by atoms with E-state index in [1.165, 1.54) is 42.4 Å². The van der Waals surface area contributed by atoms with E-state index in [-0.39, 0.29) is 19.5 Å². The van der Waals surface area contributed by atoms with Crippen LogP contribution in [0.5, 0.6) is 0 Å². The molecule has 301 valence electrons. The first-order valence-corrected chi connectivity index (χ1v) is 24.1. The van der Waals surface area contributed by atoms with Gasteiger partial charge >= 0.3 is 0 Å². The molecule has 1 radical (unpaired) electrons. The van der Waals surface area contributed by atoms with Crippen LogP contribution in [0.3, 0.4) is 0 Å². The summed E-state index contributed by atoms with van der Waals surface area (Å²) in [5, 5.41) is 21.3. The summed E-state index contributed by atoms with van der Waals surface area (Å²) < 4.78 is 0. The molecule has 0 saturated heterocycles. The molecule has 0 aromatic heterocycles. The zero-order chi connectivity index (χ0) is 41.0. The van der Waals surface area contributed by atoms with E-state index in [9.17, 15) is 5.11 Å². The molecule has 0 aliphatic carbocycles. The summed E-state index contributed by atoms with van der Waals surface area (Å²) in [5.41, 5.74) is 0.849. The Bertz CT molecular complexity index is 2220. The Morgan fingerprint density at radius 2 is 0.443 bits per heavy atom. The van der Waals surface area contributed by atoms with Crippen LogP contribution in [0.4, 0.5) is 0 Å². The Morgan fingerprint density at radius 1 is 0.262 bits per heavy atom. The molecule has 9 aromatic carbocycles. The molecule has 0 aliphatic heterocycles. The van der Waals surface area contributed by atoms with Crippen LogP contribution >= 0.6 is 23.8 Å². The van der Waals surface area contributed by atoms with E-state index in [0.717, 1.165) is 5.56 Å². The topological polar surface area (TPSA) is 20.2 Å². The second-order valence-corrected chi connectivity index (χ2v) is 20.1. The smallest absolute Gasteiger partial charge is 0.123 e. The van der Waals surface area contributed by atoms with Crippen LogP contribution in [0, 0.1) is 0 Å². The maximum atomic E-state index is 10.5. The molecule has 0 spiro atoms. The Morgan fingerprint density at radius 3 is 0.656 bits per heavy atom. The Hall–Kier alpha value is -5.57. The van der Waals surface area contributed by atoms with Gasteiger partial charge in [0.15, 0.2) is 0 Å². The Labute approximate surface area is 378 Å². The molecule has 1 N–H and O–H groups in total. The average molecular weight is 932 g/mol. The number of rotatable bonds is 10. The summed E-state index contributed by atoms with van der Waals surface area (Å²) in [6.45, 7) is 0. The predicted octanol–water partition coefficient (Wildman–Crippen LogP) is 11.6. The Balaban J connectivity index is 0.000000152. The largest absolute Gasteiger partial charge is 0.507 e. The van der Waals surface area contributed by atoms with E-state index in [2.05, 4.69) is 206 Å². The van der Waals surface area contributed by atoms with Crippen LogP contribution in [0.15, 0.2) is 279 Å². The van der Waals surface area contributed by atoms with Gasteiger partial charge in [-0.3, -0.25) is 0 Å².